The molecule has 3 aromatic carbocycles. The summed E-state index contributed by atoms with van der Waals surface area (Å²) in [6, 6.07) is 24.2. The molecule has 0 spiro atoms. The third-order valence-electron chi connectivity index (χ3n) is 5.53. The van der Waals surface area contributed by atoms with Crippen molar-refractivity contribution in [2.75, 3.05) is 18.1 Å². The standard InChI is InChI=1S/C27H26N2O5/c1-2-33-23-15-13-21(14-16-23)29-25(30)17-24(27(29)32)28(18-20-9-5-3-6-10-20)26(31)19-34-22-11-7-4-8-12-22/h3-16,24H,2,17-19H2,1H3. The number of rotatable bonds is 9. The summed E-state index contributed by atoms with van der Waals surface area (Å²) in [6.45, 7) is 2.35. The molecule has 174 valence electrons. The molecule has 1 aliphatic heterocycles. The first-order chi connectivity index (χ1) is 16.6. The number of anilines is 1. The lowest BCUT2D eigenvalue weighted by atomic mass is 10.1. The fraction of sp³-hybridized carbons (Fsp3) is 0.222. The minimum atomic E-state index is -0.911. The molecule has 0 N–H and O–H groups in total. The maximum Gasteiger partial charge on any atom is 0.261 e. The first-order valence-corrected chi connectivity index (χ1v) is 11.2. The highest BCUT2D eigenvalue weighted by Gasteiger charge is 2.44. The smallest absolute Gasteiger partial charge is 0.261 e. The molecule has 0 saturated carbocycles. The van der Waals surface area contributed by atoms with Gasteiger partial charge in [0, 0.05) is 6.54 Å². The monoisotopic (exact) mass is 458 g/mol. The predicted octanol–water partition coefficient (Wildman–Crippen LogP) is 3.83. The molecule has 7 nitrogen and oxygen atoms in total. The molecule has 0 aliphatic carbocycles. The van der Waals surface area contributed by atoms with Crippen LogP contribution in [0.5, 0.6) is 11.5 Å². The van der Waals surface area contributed by atoms with Crippen molar-refractivity contribution in [1.82, 2.24) is 4.90 Å². The van der Waals surface area contributed by atoms with Crippen molar-refractivity contribution in [2.45, 2.75) is 25.9 Å². The zero-order valence-corrected chi connectivity index (χ0v) is 18.9. The third kappa shape index (κ3) is 5.26. The summed E-state index contributed by atoms with van der Waals surface area (Å²) in [7, 11) is 0. The van der Waals surface area contributed by atoms with Crippen molar-refractivity contribution < 1.29 is 23.9 Å². The molecule has 7 heteroatoms. The number of carbonyl (C=O) groups is 3. The highest BCUT2D eigenvalue weighted by atomic mass is 16.5. The van der Waals surface area contributed by atoms with Crippen LogP contribution >= 0.6 is 0 Å². The van der Waals surface area contributed by atoms with E-state index in [-0.39, 0.29) is 31.4 Å². The van der Waals surface area contributed by atoms with Crippen molar-refractivity contribution in [3.8, 4) is 11.5 Å². The van der Waals surface area contributed by atoms with Gasteiger partial charge < -0.3 is 14.4 Å². The quantitative estimate of drug-likeness (QED) is 0.456. The number of hydrogen-bond donors (Lipinski definition) is 0. The Morgan fingerprint density at radius 2 is 1.50 bits per heavy atom. The number of carbonyl (C=O) groups excluding carboxylic acids is 3. The second-order valence-corrected chi connectivity index (χ2v) is 7.82. The van der Waals surface area contributed by atoms with E-state index in [0.717, 1.165) is 10.5 Å². The van der Waals surface area contributed by atoms with E-state index in [1.54, 1.807) is 36.4 Å². The van der Waals surface area contributed by atoms with Gasteiger partial charge >= 0.3 is 0 Å². The maximum atomic E-state index is 13.4. The van der Waals surface area contributed by atoms with E-state index in [4.69, 9.17) is 9.47 Å². The van der Waals surface area contributed by atoms with E-state index in [9.17, 15) is 14.4 Å². The van der Waals surface area contributed by atoms with E-state index in [1.807, 2.05) is 55.5 Å². The Labute approximate surface area is 198 Å². The van der Waals surface area contributed by atoms with Crippen LogP contribution in [0.25, 0.3) is 0 Å². The Kier molecular flexibility index (Phi) is 7.22. The molecular formula is C27H26N2O5. The maximum absolute atomic E-state index is 13.4. The average molecular weight is 459 g/mol. The molecule has 1 fully saturated rings. The Hall–Kier alpha value is -4.13. The topological polar surface area (TPSA) is 76.2 Å². The van der Waals surface area contributed by atoms with Crippen LogP contribution in [0.15, 0.2) is 84.9 Å². The first kappa shape index (κ1) is 23.0. The molecule has 3 aromatic rings. The number of nitrogens with zero attached hydrogens (tertiary/aromatic N) is 2. The number of ether oxygens (including phenoxy) is 2. The van der Waals surface area contributed by atoms with Crippen LogP contribution in [0, 0.1) is 0 Å². The number of amides is 3. The molecule has 1 unspecified atom stereocenters. The van der Waals surface area contributed by atoms with E-state index >= 15 is 0 Å². The van der Waals surface area contributed by atoms with Crippen LogP contribution in [0.1, 0.15) is 18.9 Å². The van der Waals surface area contributed by atoms with Crippen LogP contribution in [-0.4, -0.2) is 41.9 Å². The Morgan fingerprint density at radius 3 is 2.15 bits per heavy atom. The lowest BCUT2D eigenvalue weighted by Gasteiger charge is -2.28. The van der Waals surface area contributed by atoms with E-state index in [2.05, 4.69) is 0 Å². The van der Waals surface area contributed by atoms with Crippen molar-refractivity contribution >= 4 is 23.4 Å². The predicted molar refractivity (Wildman–Crippen MR) is 127 cm³/mol. The van der Waals surface area contributed by atoms with Gasteiger partial charge in [0.1, 0.15) is 17.5 Å². The van der Waals surface area contributed by atoms with Crippen LogP contribution < -0.4 is 14.4 Å². The van der Waals surface area contributed by atoms with Crippen LogP contribution in [0.3, 0.4) is 0 Å². The summed E-state index contributed by atoms with van der Waals surface area (Å²) in [5.74, 6) is 0.0562. The van der Waals surface area contributed by atoms with Gasteiger partial charge in [0.25, 0.3) is 11.8 Å². The molecule has 4 rings (SSSR count). The normalized spacial score (nSPS) is 15.3. The zero-order valence-electron chi connectivity index (χ0n) is 18.9. The number of imide groups is 1. The van der Waals surface area contributed by atoms with Crippen molar-refractivity contribution in [3.05, 3.63) is 90.5 Å². The SMILES string of the molecule is CCOc1ccc(N2C(=O)CC(N(Cc3ccccc3)C(=O)COc3ccccc3)C2=O)cc1. The minimum absolute atomic E-state index is 0.0873. The fourth-order valence-corrected chi connectivity index (χ4v) is 3.89. The average Bonchev–Trinajstić information content (AvgIpc) is 3.16. The Morgan fingerprint density at radius 1 is 0.882 bits per heavy atom. The van der Waals surface area contributed by atoms with Gasteiger partial charge in [-0.15, -0.1) is 0 Å². The molecule has 0 aromatic heterocycles. The van der Waals surface area contributed by atoms with Gasteiger partial charge in [-0.25, -0.2) is 4.90 Å². The zero-order chi connectivity index (χ0) is 23.9. The minimum Gasteiger partial charge on any atom is -0.494 e. The molecular weight excluding hydrogens is 432 g/mol. The molecule has 34 heavy (non-hydrogen) atoms. The van der Waals surface area contributed by atoms with Crippen LogP contribution in [-0.2, 0) is 20.9 Å². The van der Waals surface area contributed by atoms with Gasteiger partial charge in [-0.2, -0.15) is 0 Å². The van der Waals surface area contributed by atoms with Crippen LogP contribution in [0.4, 0.5) is 5.69 Å². The van der Waals surface area contributed by atoms with Crippen LogP contribution in [0.2, 0.25) is 0 Å². The summed E-state index contributed by atoms with van der Waals surface area (Å²) in [5, 5.41) is 0. The van der Waals surface area contributed by atoms with E-state index in [0.29, 0.717) is 23.8 Å². The van der Waals surface area contributed by atoms with Crippen molar-refractivity contribution in [3.63, 3.8) is 0 Å². The first-order valence-electron chi connectivity index (χ1n) is 11.2. The molecule has 1 heterocycles. The highest BCUT2D eigenvalue weighted by molar-refractivity contribution is 6.23. The second kappa shape index (κ2) is 10.7. The number of benzene rings is 3. The third-order valence-corrected chi connectivity index (χ3v) is 5.53. The summed E-state index contributed by atoms with van der Waals surface area (Å²) in [5.41, 5.74) is 1.31. The largest absolute Gasteiger partial charge is 0.494 e. The van der Waals surface area contributed by atoms with Gasteiger partial charge in [0.15, 0.2) is 6.61 Å². The lowest BCUT2D eigenvalue weighted by Crippen LogP contribution is -2.46. The van der Waals surface area contributed by atoms with Gasteiger partial charge in [0.2, 0.25) is 5.91 Å². The lowest BCUT2D eigenvalue weighted by molar-refractivity contribution is -0.140. The van der Waals surface area contributed by atoms with Gasteiger partial charge in [-0.3, -0.25) is 14.4 Å². The molecule has 1 aliphatic rings. The molecule has 1 saturated heterocycles. The van der Waals surface area contributed by atoms with E-state index < -0.39 is 11.9 Å². The van der Waals surface area contributed by atoms with Crippen molar-refractivity contribution in [2.24, 2.45) is 0 Å². The molecule has 0 bridgehead atoms. The molecule has 0 radical (unpaired) electrons. The van der Waals surface area contributed by atoms with Gasteiger partial charge in [-0.1, -0.05) is 48.5 Å². The van der Waals surface area contributed by atoms with Crippen molar-refractivity contribution in [1.29, 1.82) is 0 Å². The Bertz CT molecular complexity index is 1130. The molecule has 3 amide bonds. The summed E-state index contributed by atoms with van der Waals surface area (Å²) >= 11 is 0. The second-order valence-electron chi connectivity index (χ2n) is 7.82. The summed E-state index contributed by atoms with van der Waals surface area (Å²) in [4.78, 5) is 42.0. The fourth-order valence-electron chi connectivity index (χ4n) is 3.89. The van der Waals surface area contributed by atoms with E-state index in [1.165, 1.54) is 4.90 Å². The number of hydrogen-bond acceptors (Lipinski definition) is 5. The van der Waals surface area contributed by atoms with Gasteiger partial charge in [-0.05, 0) is 48.9 Å². The summed E-state index contributed by atoms with van der Waals surface area (Å²) < 4.78 is 11.1. The highest BCUT2D eigenvalue weighted by Crippen LogP contribution is 2.28. The Balaban J connectivity index is 1.55. The summed E-state index contributed by atoms with van der Waals surface area (Å²) in [6.07, 6.45) is -0.0873. The van der Waals surface area contributed by atoms with Gasteiger partial charge in [0.05, 0.1) is 18.7 Å². The molecule has 1 atom stereocenters. The number of para-hydroxylation sites is 1.